The second kappa shape index (κ2) is 7.04. The highest BCUT2D eigenvalue weighted by Crippen LogP contribution is 2.27. The summed E-state index contributed by atoms with van der Waals surface area (Å²) in [5.74, 6) is 1.05. The number of imidazole rings is 1. The van der Waals surface area contributed by atoms with E-state index in [4.69, 9.17) is 10.5 Å². The van der Waals surface area contributed by atoms with Gasteiger partial charge in [-0.05, 0) is 29.8 Å². The largest absolute Gasteiger partial charge is 0.497 e. The number of rotatable bonds is 6. The fourth-order valence-electron chi connectivity index (χ4n) is 2.57. The van der Waals surface area contributed by atoms with Crippen molar-refractivity contribution in [3.63, 3.8) is 0 Å². The van der Waals surface area contributed by atoms with Gasteiger partial charge < -0.3 is 20.4 Å². The Hall–Kier alpha value is -3.35. The van der Waals surface area contributed by atoms with Gasteiger partial charge in [0, 0.05) is 31.3 Å². The first-order valence-corrected chi connectivity index (χ1v) is 7.72. The molecule has 3 N–H and O–H groups in total. The summed E-state index contributed by atoms with van der Waals surface area (Å²) in [7, 11) is 3.56. The van der Waals surface area contributed by atoms with Gasteiger partial charge in [-0.25, -0.2) is 4.98 Å². The van der Waals surface area contributed by atoms with E-state index < -0.39 is 5.91 Å². The number of nitrogens with one attached hydrogen (secondary N) is 1. The topological polar surface area (TPSA) is 95.1 Å². The minimum atomic E-state index is -0.568. The van der Waals surface area contributed by atoms with Gasteiger partial charge in [-0.3, -0.25) is 9.78 Å². The predicted octanol–water partition coefficient (Wildman–Crippen LogP) is 2.12. The molecule has 0 fully saturated rings. The average molecular weight is 337 g/mol. The average Bonchev–Trinajstić information content (AvgIpc) is 3.06. The molecule has 2 heterocycles. The number of pyridine rings is 1. The Labute approximate surface area is 145 Å². The summed E-state index contributed by atoms with van der Waals surface area (Å²) in [4.78, 5) is 19.8. The van der Waals surface area contributed by atoms with Crippen LogP contribution in [0.1, 0.15) is 27.9 Å². The summed E-state index contributed by atoms with van der Waals surface area (Å²) in [6, 6.07) is 10.9. The third-order valence-corrected chi connectivity index (χ3v) is 3.89. The van der Waals surface area contributed by atoms with Gasteiger partial charge in [0.25, 0.3) is 5.91 Å². The van der Waals surface area contributed by atoms with E-state index in [1.54, 1.807) is 31.6 Å². The smallest absolute Gasteiger partial charge is 0.267 e. The van der Waals surface area contributed by atoms with E-state index in [1.165, 1.54) is 0 Å². The number of aryl methyl sites for hydroxylation is 1. The number of aromatic nitrogens is 3. The fourth-order valence-corrected chi connectivity index (χ4v) is 2.57. The van der Waals surface area contributed by atoms with Crippen LogP contribution in [0.4, 0.5) is 5.69 Å². The summed E-state index contributed by atoms with van der Waals surface area (Å²) >= 11 is 0. The lowest BCUT2D eigenvalue weighted by Gasteiger charge is -2.20. The van der Waals surface area contributed by atoms with Crippen molar-refractivity contribution in [2.45, 2.75) is 6.04 Å². The van der Waals surface area contributed by atoms with Crippen molar-refractivity contribution >= 4 is 11.6 Å². The third-order valence-electron chi connectivity index (χ3n) is 3.89. The van der Waals surface area contributed by atoms with E-state index in [9.17, 15) is 4.79 Å². The van der Waals surface area contributed by atoms with Crippen LogP contribution in [0.2, 0.25) is 0 Å². The van der Waals surface area contributed by atoms with Gasteiger partial charge in [0.2, 0.25) is 0 Å². The molecular formula is C18H19N5O2. The normalized spacial score (nSPS) is 11.8. The zero-order valence-electron chi connectivity index (χ0n) is 14.0. The number of primary amides is 1. The van der Waals surface area contributed by atoms with Crippen molar-refractivity contribution < 1.29 is 9.53 Å². The van der Waals surface area contributed by atoms with Crippen molar-refractivity contribution in [2.75, 3.05) is 12.4 Å². The lowest BCUT2D eigenvalue weighted by atomic mass is 10.1. The van der Waals surface area contributed by atoms with Gasteiger partial charge in [0.1, 0.15) is 23.3 Å². The van der Waals surface area contributed by atoms with Crippen LogP contribution in [-0.4, -0.2) is 27.6 Å². The lowest BCUT2D eigenvalue weighted by Crippen LogP contribution is -2.18. The quantitative estimate of drug-likeness (QED) is 0.718. The molecule has 7 heteroatoms. The first-order chi connectivity index (χ1) is 12.1. The molecule has 0 aliphatic rings. The predicted molar refractivity (Wildman–Crippen MR) is 94.4 cm³/mol. The summed E-state index contributed by atoms with van der Waals surface area (Å²) in [6.07, 6.45) is 5.18. The van der Waals surface area contributed by atoms with Crippen LogP contribution in [0.5, 0.6) is 5.75 Å². The van der Waals surface area contributed by atoms with E-state index in [0.717, 1.165) is 22.8 Å². The van der Waals surface area contributed by atoms with Crippen molar-refractivity contribution in [3.05, 3.63) is 72.1 Å². The van der Waals surface area contributed by atoms with Gasteiger partial charge in [-0.1, -0.05) is 12.1 Å². The number of hydrogen-bond donors (Lipinski definition) is 2. The highest BCUT2D eigenvalue weighted by atomic mass is 16.5. The highest BCUT2D eigenvalue weighted by molar-refractivity contribution is 5.91. The molecule has 0 bridgehead atoms. The van der Waals surface area contributed by atoms with E-state index in [2.05, 4.69) is 15.3 Å². The molecule has 128 valence electrons. The van der Waals surface area contributed by atoms with Crippen LogP contribution in [0, 0.1) is 0 Å². The second-order valence-electron chi connectivity index (χ2n) is 5.54. The van der Waals surface area contributed by atoms with Crippen LogP contribution < -0.4 is 15.8 Å². The Balaban J connectivity index is 1.98. The van der Waals surface area contributed by atoms with E-state index in [0.29, 0.717) is 0 Å². The van der Waals surface area contributed by atoms with Gasteiger partial charge in [-0.2, -0.15) is 0 Å². The molecule has 1 unspecified atom stereocenters. The number of anilines is 1. The first-order valence-electron chi connectivity index (χ1n) is 7.72. The minimum absolute atomic E-state index is 0.207. The summed E-state index contributed by atoms with van der Waals surface area (Å²) in [5.41, 5.74) is 7.26. The number of carbonyl (C=O) groups is 1. The Bertz CT molecular complexity index is 873. The van der Waals surface area contributed by atoms with Gasteiger partial charge in [0.15, 0.2) is 0 Å². The van der Waals surface area contributed by atoms with Crippen LogP contribution in [0.15, 0.2) is 55.0 Å². The standard InChI is InChI=1S/C18H19N5O2/c1-23-10-9-21-18(23)16(12-3-5-14(25-2)6-4-12)22-13-7-8-20-15(11-13)17(19)24/h3-11,16H,1-2H3,(H2,19,24)(H,20,22). The lowest BCUT2D eigenvalue weighted by molar-refractivity contribution is 0.0995. The number of nitrogens with zero attached hydrogens (tertiary/aromatic N) is 3. The summed E-state index contributed by atoms with van der Waals surface area (Å²) in [6.45, 7) is 0. The maximum absolute atomic E-state index is 11.4. The number of amides is 1. The van der Waals surface area contributed by atoms with Gasteiger partial charge >= 0.3 is 0 Å². The Morgan fingerprint density at radius 2 is 1.96 bits per heavy atom. The van der Waals surface area contributed by atoms with Crippen LogP contribution >= 0.6 is 0 Å². The van der Waals surface area contributed by atoms with Crippen LogP contribution in [0.25, 0.3) is 0 Å². The number of methoxy groups -OCH3 is 1. The second-order valence-corrected chi connectivity index (χ2v) is 5.54. The number of ether oxygens (including phenoxy) is 1. The molecule has 25 heavy (non-hydrogen) atoms. The maximum Gasteiger partial charge on any atom is 0.267 e. The molecular weight excluding hydrogens is 318 g/mol. The van der Waals surface area contributed by atoms with Gasteiger partial charge in [-0.15, -0.1) is 0 Å². The maximum atomic E-state index is 11.4. The number of hydrogen-bond acceptors (Lipinski definition) is 5. The van der Waals surface area contributed by atoms with Crippen LogP contribution in [-0.2, 0) is 7.05 Å². The third kappa shape index (κ3) is 3.60. The molecule has 0 spiro atoms. The van der Waals surface area contributed by atoms with E-state index in [-0.39, 0.29) is 11.7 Å². The molecule has 0 aliphatic heterocycles. The number of benzene rings is 1. The zero-order chi connectivity index (χ0) is 17.8. The van der Waals surface area contributed by atoms with Crippen molar-refractivity contribution in [1.29, 1.82) is 0 Å². The van der Waals surface area contributed by atoms with Crippen molar-refractivity contribution in [3.8, 4) is 5.75 Å². The molecule has 1 amide bonds. The minimum Gasteiger partial charge on any atom is -0.497 e. The van der Waals surface area contributed by atoms with Crippen LogP contribution in [0.3, 0.4) is 0 Å². The molecule has 2 aromatic heterocycles. The number of carbonyl (C=O) groups excluding carboxylic acids is 1. The Kier molecular flexibility index (Phi) is 4.65. The number of nitrogens with two attached hydrogens (primary N) is 1. The monoisotopic (exact) mass is 337 g/mol. The molecule has 0 saturated heterocycles. The Morgan fingerprint density at radius 1 is 1.20 bits per heavy atom. The highest BCUT2D eigenvalue weighted by Gasteiger charge is 2.19. The molecule has 3 rings (SSSR count). The molecule has 7 nitrogen and oxygen atoms in total. The fraction of sp³-hybridized carbons (Fsp3) is 0.167. The molecule has 3 aromatic rings. The summed E-state index contributed by atoms with van der Waals surface area (Å²) < 4.78 is 7.17. The molecule has 1 atom stereocenters. The van der Waals surface area contributed by atoms with Gasteiger partial charge in [0.05, 0.1) is 7.11 Å². The zero-order valence-corrected chi connectivity index (χ0v) is 14.0. The van der Waals surface area contributed by atoms with Crippen molar-refractivity contribution in [2.24, 2.45) is 12.8 Å². The Morgan fingerprint density at radius 3 is 2.56 bits per heavy atom. The van der Waals surface area contributed by atoms with Crippen molar-refractivity contribution in [1.82, 2.24) is 14.5 Å². The summed E-state index contributed by atoms with van der Waals surface area (Å²) in [5, 5.41) is 3.40. The van der Waals surface area contributed by atoms with E-state index in [1.807, 2.05) is 42.1 Å². The molecule has 1 aromatic carbocycles. The molecule has 0 saturated carbocycles. The molecule has 0 aliphatic carbocycles. The first kappa shape index (κ1) is 16.5. The van der Waals surface area contributed by atoms with E-state index >= 15 is 0 Å². The SMILES string of the molecule is COc1ccc(C(Nc2ccnc(C(N)=O)c2)c2nccn2C)cc1. The molecule has 0 radical (unpaired) electrons.